The van der Waals surface area contributed by atoms with Crippen LogP contribution in [0.15, 0.2) is 18.2 Å². The van der Waals surface area contributed by atoms with E-state index in [4.69, 9.17) is 0 Å². The summed E-state index contributed by atoms with van der Waals surface area (Å²) >= 11 is 0. The molecular weight excluding hydrogens is 230 g/mol. The third-order valence-electron chi connectivity index (χ3n) is 2.99. The highest BCUT2D eigenvalue weighted by molar-refractivity contribution is 5.92. The van der Waals surface area contributed by atoms with Crippen molar-refractivity contribution in [1.82, 2.24) is 4.90 Å². The summed E-state index contributed by atoms with van der Waals surface area (Å²) < 4.78 is 0. The van der Waals surface area contributed by atoms with Gasteiger partial charge < -0.3 is 20.2 Å². The van der Waals surface area contributed by atoms with Crippen molar-refractivity contribution in [3.8, 4) is 0 Å². The number of amides is 1. The van der Waals surface area contributed by atoms with E-state index in [0.717, 1.165) is 24.3 Å². The lowest BCUT2D eigenvalue weighted by Crippen LogP contribution is -2.27. The van der Waals surface area contributed by atoms with Gasteiger partial charge in [0.15, 0.2) is 0 Å². The van der Waals surface area contributed by atoms with E-state index in [2.05, 4.69) is 5.32 Å². The third kappa shape index (κ3) is 2.80. The highest BCUT2D eigenvalue weighted by atomic mass is 16.3. The molecule has 0 saturated heterocycles. The number of aliphatic hydroxyl groups excluding tert-OH is 1. The fourth-order valence-corrected chi connectivity index (χ4v) is 2.18. The summed E-state index contributed by atoms with van der Waals surface area (Å²) in [5, 5.41) is 12.1. The van der Waals surface area contributed by atoms with Crippen LogP contribution >= 0.6 is 0 Å². The summed E-state index contributed by atoms with van der Waals surface area (Å²) in [6, 6.07) is 5.81. The van der Waals surface area contributed by atoms with E-state index in [1.807, 2.05) is 42.1 Å². The number of benzene rings is 1. The van der Waals surface area contributed by atoms with Crippen LogP contribution in [0.25, 0.3) is 0 Å². The van der Waals surface area contributed by atoms with Crippen molar-refractivity contribution in [2.45, 2.75) is 6.42 Å². The summed E-state index contributed by atoms with van der Waals surface area (Å²) in [7, 11) is 3.72. The second-order valence-corrected chi connectivity index (χ2v) is 4.78. The molecule has 1 heterocycles. The number of carbonyl (C=O) groups is 1. The van der Waals surface area contributed by atoms with Crippen LogP contribution in [0.2, 0.25) is 0 Å². The summed E-state index contributed by atoms with van der Waals surface area (Å²) in [6.07, 6.45) is 0.910. The van der Waals surface area contributed by atoms with Crippen molar-refractivity contribution in [3.05, 3.63) is 23.8 Å². The van der Waals surface area contributed by atoms with Crippen molar-refractivity contribution in [2.75, 3.05) is 44.1 Å². The number of aliphatic hydroxyl groups is 1. The second-order valence-electron chi connectivity index (χ2n) is 4.78. The molecule has 0 saturated carbocycles. The van der Waals surface area contributed by atoms with Gasteiger partial charge in [0, 0.05) is 17.9 Å². The zero-order valence-electron chi connectivity index (χ0n) is 10.8. The smallest absolute Gasteiger partial charge is 0.238 e. The molecule has 1 aromatic carbocycles. The average molecular weight is 249 g/mol. The van der Waals surface area contributed by atoms with Gasteiger partial charge in [0.2, 0.25) is 5.91 Å². The summed E-state index contributed by atoms with van der Waals surface area (Å²) in [5.74, 6) is -0.0167. The number of anilines is 2. The predicted octanol–water partition coefficient (Wildman–Crippen LogP) is 0.499. The lowest BCUT2D eigenvalue weighted by molar-refractivity contribution is -0.116. The zero-order valence-corrected chi connectivity index (χ0v) is 10.8. The molecule has 1 aliphatic heterocycles. The normalized spacial score (nSPS) is 13.9. The maximum absolute atomic E-state index is 11.6. The molecule has 18 heavy (non-hydrogen) atoms. The molecule has 0 atom stereocenters. The molecule has 0 fully saturated rings. The Labute approximate surface area is 107 Å². The van der Waals surface area contributed by atoms with Crippen molar-refractivity contribution < 1.29 is 9.90 Å². The number of nitrogens with zero attached hydrogens (tertiary/aromatic N) is 2. The van der Waals surface area contributed by atoms with Crippen LogP contribution < -0.4 is 10.2 Å². The van der Waals surface area contributed by atoms with E-state index in [-0.39, 0.29) is 12.6 Å². The van der Waals surface area contributed by atoms with Crippen LogP contribution in [0.1, 0.15) is 5.56 Å². The van der Waals surface area contributed by atoms with Gasteiger partial charge in [-0.25, -0.2) is 0 Å². The zero-order chi connectivity index (χ0) is 13.1. The molecule has 1 aromatic rings. The number of hydrogen-bond acceptors (Lipinski definition) is 4. The Bertz CT molecular complexity index is 446. The number of nitrogens with one attached hydrogen (secondary N) is 1. The molecule has 98 valence electrons. The predicted molar refractivity (Wildman–Crippen MR) is 71.8 cm³/mol. The summed E-state index contributed by atoms with van der Waals surface area (Å²) in [6.45, 7) is 1.25. The molecule has 2 rings (SSSR count). The third-order valence-corrected chi connectivity index (χ3v) is 2.99. The molecule has 0 unspecified atom stereocenters. The lowest BCUT2D eigenvalue weighted by Gasteiger charge is -2.16. The number of fused-ring (bicyclic) bond motifs is 1. The topological polar surface area (TPSA) is 55.8 Å². The molecule has 2 N–H and O–H groups in total. The Morgan fingerprint density at radius 2 is 2.28 bits per heavy atom. The van der Waals surface area contributed by atoms with Crippen LogP contribution in [0.3, 0.4) is 0 Å². The fourth-order valence-electron chi connectivity index (χ4n) is 2.18. The van der Waals surface area contributed by atoms with Gasteiger partial charge in [-0.2, -0.15) is 0 Å². The van der Waals surface area contributed by atoms with Crippen LogP contribution in [0.4, 0.5) is 11.4 Å². The Morgan fingerprint density at radius 1 is 1.50 bits per heavy atom. The van der Waals surface area contributed by atoms with Gasteiger partial charge in [0.1, 0.15) is 6.73 Å². The first-order valence-electron chi connectivity index (χ1n) is 6.03. The lowest BCUT2D eigenvalue weighted by atomic mass is 10.1. The first kappa shape index (κ1) is 12.9. The van der Waals surface area contributed by atoms with Crippen LogP contribution in [-0.2, 0) is 11.2 Å². The molecule has 0 bridgehead atoms. The van der Waals surface area contributed by atoms with Gasteiger partial charge in [-0.05, 0) is 44.3 Å². The molecule has 0 aliphatic carbocycles. The van der Waals surface area contributed by atoms with Gasteiger partial charge in [0.05, 0.1) is 6.54 Å². The Balaban J connectivity index is 2.06. The van der Waals surface area contributed by atoms with E-state index in [9.17, 15) is 9.90 Å². The molecule has 5 nitrogen and oxygen atoms in total. The minimum Gasteiger partial charge on any atom is -0.376 e. The maximum Gasteiger partial charge on any atom is 0.238 e. The largest absolute Gasteiger partial charge is 0.376 e. The summed E-state index contributed by atoms with van der Waals surface area (Å²) in [4.78, 5) is 15.4. The Kier molecular flexibility index (Phi) is 3.84. The number of likely N-dealkylation sites (N-methyl/N-ethyl adjacent to an activating group) is 1. The molecule has 0 aromatic heterocycles. The van der Waals surface area contributed by atoms with Gasteiger partial charge in [-0.3, -0.25) is 4.79 Å². The maximum atomic E-state index is 11.6. The minimum absolute atomic E-state index is 0.0167. The van der Waals surface area contributed by atoms with Crippen molar-refractivity contribution >= 4 is 17.3 Å². The highest BCUT2D eigenvalue weighted by Gasteiger charge is 2.18. The van der Waals surface area contributed by atoms with Crippen molar-refractivity contribution in [2.24, 2.45) is 0 Å². The van der Waals surface area contributed by atoms with Gasteiger partial charge in [-0.1, -0.05) is 0 Å². The van der Waals surface area contributed by atoms with E-state index >= 15 is 0 Å². The van der Waals surface area contributed by atoms with Gasteiger partial charge >= 0.3 is 0 Å². The number of hydrogen-bond donors (Lipinski definition) is 2. The van der Waals surface area contributed by atoms with Gasteiger partial charge in [0.25, 0.3) is 0 Å². The van der Waals surface area contributed by atoms with E-state index in [0.29, 0.717) is 6.54 Å². The number of carbonyl (C=O) groups excluding carboxylic acids is 1. The van der Waals surface area contributed by atoms with Gasteiger partial charge in [-0.15, -0.1) is 0 Å². The molecule has 5 heteroatoms. The minimum atomic E-state index is -0.0167. The fraction of sp³-hybridized carbons (Fsp3) is 0.462. The van der Waals surface area contributed by atoms with Crippen molar-refractivity contribution in [1.29, 1.82) is 0 Å². The van der Waals surface area contributed by atoms with Crippen molar-refractivity contribution in [3.63, 3.8) is 0 Å². The summed E-state index contributed by atoms with van der Waals surface area (Å²) in [5.41, 5.74) is 3.05. The molecule has 0 spiro atoms. The SMILES string of the molecule is CN(C)CC(=O)Nc1ccc2c(c1)CCN2CO. The van der Waals surface area contributed by atoms with Crippen LogP contribution in [0, 0.1) is 0 Å². The molecule has 1 aliphatic rings. The standard InChI is InChI=1S/C13H19N3O2/c1-15(2)8-13(18)14-11-3-4-12-10(7-11)5-6-16(12)9-17/h3-4,7,17H,5-6,8-9H2,1-2H3,(H,14,18). The Morgan fingerprint density at radius 3 is 2.94 bits per heavy atom. The van der Waals surface area contributed by atoms with E-state index < -0.39 is 0 Å². The van der Waals surface area contributed by atoms with Crippen LogP contribution in [-0.4, -0.2) is 49.8 Å². The highest BCUT2D eigenvalue weighted by Crippen LogP contribution is 2.29. The molecule has 0 radical (unpaired) electrons. The molecular formula is C13H19N3O2. The second kappa shape index (κ2) is 5.37. The average Bonchev–Trinajstić information content (AvgIpc) is 2.69. The monoisotopic (exact) mass is 249 g/mol. The van der Waals surface area contributed by atoms with E-state index in [1.165, 1.54) is 5.56 Å². The Hall–Kier alpha value is -1.59. The quantitative estimate of drug-likeness (QED) is 0.816. The van der Waals surface area contributed by atoms with E-state index in [1.54, 1.807) is 0 Å². The van der Waals surface area contributed by atoms with Crippen LogP contribution in [0.5, 0.6) is 0 Å². The first-order chi connectivity index (χ1) is 8.60. The first-order valence-corrected chi connectivity index (χ1v) is 6.03. The number of rotatable bonds is 4. The molecule has 1 amide bonds.